The molecule has 0 aliphatic carbocycles. The van der Waals surface area contributed by atoms with Crippen LogP contribution in [-0.4, -0.2) is 20.2 Å². The number of H-pyrrole nitrogens is 1. The summed E-state index contributed by atoms with van der Waals surface area (Å²) in [5.41, 5.74) is 7.96. The second-order valence-electron chi connectivity index (χ2n) is 6.11. The lowest BCUT2D eigenvalue weighted by atomic mass is 10.0. The Morgan fingerprint density at radius 1 is 0.958 bits per heavy atom. The van der Waals surface area contributed by atoms with Gasteiger partial charge in [-0.1, -0.05) is 42.1 Å². The van der Waals surface area contributed by atoms with Crippen LogP contribution in [0.5, 0.6) is 0 Å². The van der Waals surface area contributed by atoms with Crippen LogP contribution < -0.4 is 0 Å². The van der Waals surface area contributed by atoms with Crippen molar-refractivity contribution < 1.29 is 0 Å². The number of aryl methyl sites for hydroxylation is 3. The SMILES string of the molecule is Cc1cc(C)c(CSc2nnc3c(n2)[nH]c2ccccc23)cc1C. The first-order valence-electron chi connectivity index (χ1n) is 7.92. The van der Waals surface area contributed by atoms with E-state index in [1.54, 1.807) is 11.8 Å². The Morgan fingerprint density at radius 3 is 2.62 bits per heavy atom. The standard InChI is InChI=1S/C19H18N4S/c1-11-8-13(3)14(9-12(11)2)10-24-19-21-18-17(22-23-19)15-6-4-5-7-16(15)20-18/h4-9H,10H2,1-3H3,(H,20,21,23). The lowest BCUT2D eigenvalue weighted by Gasteiger charge is -2.09. The van der Waals surface area contributed by atoms with E-state index in [-0.39, 0.29) is 0 Å². The monoisotopic (exact) mass is 334 g/mol. The lowest BCUT2D eigenvalue weighted by Crippen LogP contribution is -1.94. The second kappa shape index (κ2) is 5.91. The van der Waals surface area contributed by atoms with Crippen LogP contribution in [0.15, 0.2) is 41.6 Å². The number of nitrogens with zero attached hydrogens (tertiary/aromatic N) is 3. The van der Waals surface area contributed by atoms with Gasteiger partial charge >= 0.3 is 0 Å². The van der Waals surface area contributed by atoms with Gasteiger partial charge in [0.05, 0.1) is 0 Å². The number of nitrogens with one attached hydrogen (secondary N) is 1. The van der Waals surface area contributed by atoms with E-state index in [1.165, 1.54) is 22.3 Å². The van der Waals surface area contributed by atoms with Crippen LogP contribution >= 0.6 is 11.8 Å². The summed E-state index contributed by atoms with van der Waals surface area (Å²) in [6.45, 7) is 6.45. The molecule has 0 spiro atoms. The third kappa shape index (κ3) is 2.65. The fraction of sp³-hybridized carbons (Fsp3) is 0.211. The van der Waals surface area contributed by atoms with Crippen LogP contribution in [0, 0.1) is 20.8 Å². The number of aromatic amines is 1. The Labute approximate surface area is 144 Å². The predicted octanol–water partition coefficient (Wildman–Crippen LogP) is 4.72. The minimum atomic E-state index is 0.701. The highest BCUT2D eigenvalue weighted by molar-refractivity contribution is 7.98. The van der Waals surface area contributed by atoms with Crippen LogP contribution in [0.3, 0.4) is 0 Å². The predicted molar refractivity (Wildman–Crippen MR) is 99.4 cm³/mol. The summed E-state index contributed by atoms with van der Waals surface area (Å²) in [5, 5.41) is 10.4. The second-order valence-corrected chi connectivity index (χ2v) is 7.06. The molecule has 5 heteroatoms. The number of hydrogen-bond donors (Lipinski definition) is 1. The Kier molecular flexibility index (Phi) is 3.73. The molecular weight excluding hydrogens is 316 g/mol. The smallest absolute Gasteiger partial charge is 0.211 e. The van der Waals surface area contributed by atoms with Gasteiger partial charge in [0.25, 0.3) is 0 Å². The molecule has 0 atom stereocenters. The molecule has 4 rings (SSSR count). The molecule has 0 amide bonds. The molecule has 4 nitrogen and oxygen atoms in total. The molecule has 120 valence electrons. The van der Waals surface area contributed by atoms with Crippen LogP contribution in [-0.2, 0) is 5.75 Å². The van der Waals surface area contributed by atoms with Crippen molar-refractivity contribution in [2.45, 2.75) is 31.7 Å². The van der Waals surface area contributed by atoms with Crippen molar-refractivity contribution in [1.82, 2.24) is 20.2 Å². The van der Waals surface area contributed by atoms with Gasteiger partial charge in [0.15, 0.2) is 5.65 Å². The van der Waals surface area contributed by atoms with E-state index in [0.717, 1.165) is 27.8 Å². The van der Waals surface area contributed by atoms with Crippen molar-refractivity contribution in [1.29, 1.82) is 0 Å². The van der Waals surface area contributed by atoms with Gasteiger partial charge in [0.2, 0.25) is 5.16 Å². The molecule has 0 saturated heterocycles. The van der Waals surface area contributed by atoms with Crippen molar-refractivity contribution in [2.75, 3.05) is 0 Å². The van der Waals surface area contributed by atoms with Gasteiger partial charge in [-0.25, -0.2) is 4.98 Å². The van der Waals surface area contributed by atoms with Gasteiger partial charge < -0.3 is 4.98 Å². The molecule has 2 aromatic heterocycles. The van der Waals surface area contributed by atoms with Crippen molar-refractivity contribution >= 4 is 33.8 Å². The summed E-state index contributed by atoms with van der Waals surface area (Å²) in [6.07, 6.45) is 0. The van der Waals surface area contributed by atoms with E-state index in [4.69, 9.17) is 0 Å². The Balaban J connectivity index is 1.63. The molecule has 4 aromatic rings. The van der Waals surface area contributed by atoms with Crippen molar-refractivity contribution in [3.8, 4) is 0 Å². The van der Waals surface area contributed by atoms with E-state index < -0.39 is 0 Å². The van der Waals surface area contributed by atoms with Crippen molar-refractivity contribution in [3.63, 3.8) is 0 Å². The normalized spacial score (nSPS) is 11.5. The van der Waals surface area contributed by atoms with Gasteiger partial charge in [0, 0.05) is 16.7 Å². The molecule has 24 heavy (non-hydrogen) atoms. The third-order valence-corrected chi connectivity index (χ3v) is 5.30. The summed E-state index contributed by atoms with van der Waals surface area (Å²) in [6, 6.07) is 12.6. The zero-order valence-corrected chi connectivity index (χ0v) is 14.7. The maximum absolute atomic E-state index is 4.63. The Morgan fingerprint density at radius 2 is 1.75 bits per heavy atom. The first kappa shape index (κ1) is 15.1. The van der Waals surface area contributed by atoms with Crippen LogP contribution in [0.2, 0.25) is 0 Å². The number of thioether (sulfide) groups is 1. The largest absolute Gasteiger partial charge is 0.338 e. The van der Waals surface area contributed by atoms with Gasteiger partial charge in [-0.2, -0.15) is 0 Å². The molecule has 0 fully saturated rings. The van der Waals surface area contributed by atoms with E-state index in [9.17, 15) is 0 Å². The van der Waals surface area contributed by atoms with Crippen molar-refractivity contribution in [2.24, 2.45) is 0 Å². The van der Waals surface area contributed by atoms with Crippen LogP contribution in [0.4, 0.5) is 0 Å². The van der Waals surface area contributed by atoms with Crippen molar-refractivity contribution in [3.05, 3.63) is 58.7 Å². The van der Waals surface area contributed by atoms with E-state index in [0.29, 0.717) is 5.16 Å². The number of aromatic nitrogens is 4. The highest BCUT2D eigenvalue weighted by Gasteiger charge is 2.10. The van der Waals surface area contributed by atoms with Gasteiger partial charge in [-0.3, -0.25) is 0 Å². The quantitative estimate of drug-likeness (QED) is 0.551. The molecule has 0 aliphatic heterocycles. The summed E-state index contributed by atoms with van der Waals surface area (Å²) in [7, 11) is 0. The molecule has 0 bridgehead atoms. The highest BCUT2D eigenvalue weighted by atomic mass is 32.2. The minimum Gasteiger partial charge on any atom is -0.338 e. The number of para-hydroxylation sites is 1. The van der Waals surface area contributed by atoms with Gasteiger partial charge in [0.1, 0.15) is 5.52 Å². The van der Waals surface area contributed by atoms with Gasteiger partial charge in [-0.15, -0.1) is 10.2 Å². The topological polar surface area (TPSA) is 54.5 Å². The zero-order valence-electron chi connectivity index (χ0n) is 13.9. The molecule has 1 N–H and O–H groups in total. The number of rotatable bonds is 3. The number of fused-ring (bicyclic) bond motifs is 3. The first-order chi connectivity index (χ1) is 11.6. The third-order valence-electron chi connectivity index (χ3n) is 4.41. The first-order valence-corrected chi connectivity index (χ1v) is 8.91. The maximum Gasteiger partial charge on any atom is 0.211 e. The summed E-state index contributed by atoms with van der Waals surface area (Å²) < 4.78 is 0. The molecule has 0 aliphatic rings. The summed E-state index contributed by atoms with van der Waals surface area (Å²) in [5.74, 6) is 0.848. The number of benzene rings is 2. The van der Waals surface area contributed by atoms with E-state index in [2.05, 4.69) is 53.1 Å². The zero-order chi connectivity index (χ0) is 16.7. The Bertz CT molecular complexity index is 1050. The minimum absolute atomic E-state index is 0.701. The van der Waals surface area contributed by atoms with E-state index in [1.807, 2.05) is 24.3 Å². The fourth-order valence-electron chi connectivity index (χ4n) is 2.89. The average Bonchev–Trinajstić information content (AvgIpc) is 2.94. The average molecular weight is 334 g/mol. The summed E-state index contributed by atoms with van der Waals surface area (Å²) >= 11 is 1.62. The molecule has 0 radical (unpaired) electrons. The maximum atomic E-state index is 4.63. The van der Waals surface area contributed by atoms with Gasteiger partial charge in [-0.05, 0) is 49.1 Å². The molecule has 2 heterocycles. The molecule has 2 aromatic carbocycles. The Hall–Kier alpha value is -2.40. The fourth-order valence-corrected chi connectivity index (χ4v) is 3.74. The lowest BCUT2D eigenvalue weighted by molar-refractivity contribution is 0.878. The molecule has 0 saturated carbocycles. The molecule has 0 unspecified atom stereocenters. The number of hydrogen-bond acceptors (Lipinski definition) is 4. The van der Waals surface area contributed by atoms with Crippen LogP contribution in [0.25, 0.3) is 22.1 Å². The highest BCUT2D eigenvalue weighted by Crippen LogP contribution is 2.26. The van der Waals surface area contributed by atoms with Crippen LogP contribution in [0.1, 0.15) is 22.3 Å². The van der Waals surface area contributed by atoms with E-state index >= 15 is 0 Å². The molecular formula is C19H18N4S. The summed E-state index contributed by atoms with van der Waals surface area (Å²) in [4.78, 5) is 7.95.